The molecule has 1 aliphatic heterocycles. The first kappa shape index (κ1) is 17.4. The fourth-order valence-electron chi connectivity index (χ4n) is 3.63. The predicted molar refractivity (Wildman–Crippen MR) is 108 cm³/mol. The van der Waals surface area contributed by atoms with E-state index >= 15 is 0 Å². The van der Waals surface area contributed by atoms with Gasteiger partial charge in [-0.2, -0.15) is 0 Å². The third-order valence-electron chi connectivity index (χ3n) is 5.10. The van der Waals surface area contributed by atoms with Gasteiger partial charge in [0.2, 0.25) is 0 Å². The average molecular weight is 389 g/mol. The molecule has 1 amide bonds. The van der Waals surface area contributed by atoms with Gasteiger partial charge < -0.3 is 19.2 Å². The lowest BCUT2D eigenvalue weighted by Gasteiger charge is -2.17. The summed E-state index contributed by atoms with van der Waals surface area (Å²) in [6, 6.07) is 9.02. The second-order valence-electron chi connectivity index (χ2n) is 7.03. The highest BCUT2D eigenvalue weighted by atomic mass is 16.5. The minimum absolute atomic E-state index is 0.291. The lowest BCUT2D eigenvalue weighted by atomic mass is 10.1. The Labute approximate surface area is 166 Å². The van der Waals surface area contributed by atoms with Crippen LogP contribution in [0.15, 0.2) is 51.7 Å². The molecule has 0 radical (unpaired) electrons. The van der Waals surface area contributed by atoms with Crippen LogP contribution in [0.2, 0.25) is 0 Å². The van der Waals surface area contributed by atoms with Crippen LogP contribution in [0, 0.1) is 6.92 Å². The number of furan rings is 1. The summed E-state index contributed by atoms with van der Waals surface area (Å²) in [6.07, 6.45) is 5.75. The summed E-state index contributed by atoms with van der Waals surface area (Å²) in [5.41, 5.74) is 2.87. The average Bonchev–Trinajstić information content (AvgIpc) is 3.50. The zero-order valence-electron chi connectivity index (χ0n) is 15.9. The van der Waals surface area contributed by atoms with Gasteiger partial charge in [0.1, 0.15) is 11.5 Å². The second-order valence-corrected chi connectivity index (χ2v) is 7.03. The van der Waals surface area contributed by atoms with E-state index in [-0.39, 0.29) is 5.91 Å². The summed E-state index contributed by atoms with van der Waals surface area (Å²) in [5, 5.41) is 7.39. The van der Waals surface area contributed by atoms with Gasteiger partial charge in [0.15, 0.2) is 5.76 Å². The third kappa shape index (κ3) is 3.22. The Bertz CT molecular complexity index is 1160. The normalized spacial score (nSPS) is 13.9. The molecule has 146 valence electrons. The lowest BCUT2D eigenvalue weighted by Crippen LogP contribution is -2.18. The Balaban J connectivity index is 1.46. The minimum Gasteiger partial charge on any atom is -0.463 e. The summed E-state index contributed by atoms with van der Waals surface area (Å²) >= 11 is 0. The first-order chi connectivity index (χ1) is 14.2. The van der Waals surface area contributed by atoms with Crippen molar-refractivity contribution in [2.75, 3.05) is 23.3 Å². The van der Waals surface area contributed by atoms with E-state index in [4.69, 9.17) is 8.94 Å². The second kappa shape index (κ2) is 7.05. The van der Waals surface area contributed by atoms with Crippen LogP contribution in [0.1, 0.15) is 28.9 Å². The molecule has 0 spiro atoms. The maximum absolute atomic E-state index is 13.1. The Morgan fingerprint density at radius 2 is 2.07 bits per heavy atom. The number of aryl methyl sites for hydroxylation is 1. The standard InChI is InChI=1S/C21H19N5O3/c1-13-19-15(11-16(17-5-4-10-28-17)23-21(19)29-25-13)20(27)24-18-7-6-14(12-22-18)26-8-2-3-9-26/h4-7,10-12H,2-3,8-9H2,1H3,(H,22,24,27). The molecule has 5 heterocycles. The van der Waals surface area contributed by atoms with Crippen LogP contribution in [-0.4, -0.2) is 34.1 Å². The molecule has 1 saturated heterocycles. The summed E-state index contributed by atoms with van der Waals surface area (Å²) in [5.74, 6) is 0.720. The van der Waals surface area contributed by atoms with E-state index in [0.717, 1.165) is 18.8 Å². The molecule has 1 N–H and O–H groups in total. The number of nitrogens with zero attached hydrogens (tertiary/aromatic N) is 4. The molecule has 0 aromatic carbocycles. The number of amides is 1. The van der Waals surface area contributed by atoms with Gasteiger partial charge in [-0.15, -0.1) is 0 Å². The lowest BCUT2D eigenvalue weighted by molar-refractivity contribution is 0.102. The van der Waals surface area contributed by atoms with Crippen molar-refractivity contribution < 1.29 is 13.7 Å². The van der Waals surface area contributed by atoms with Crippen molar-refractivity contribution in [2.24, 2.45) is 0 Å². The number of pyridine rings is 2. The number of hydrogen-bond donors (Lipinski definition) is 1. The molecule has 1 aliphatic rings. The topological polar surface area (TPSA) is 97.3 Å². The van der Waals surface area contributed by atoms with Gasteiger partial charge in [0.05, 0.1) is 34.8 Å². The van der Waals surface area contributed by atoms with Crippen LogP contribution >= 0.6 is 0 Å². The summed E-state index contributed by atoms with van der Waals surface area (Å²) in [4.78, 5) is 24.2. The number of carbonyl (C=O) groups excluding carboxylic acids is 1. The molecule has 5 rings (SSSR count). The zero-order chi connectivity index (χ0) is 19.8. The van der Waals surface area contributed by atoms with Gasteiger partial charge in [-0.25, -0.2) is 9.97 Å². The van der Waals surface area contributed by atoms with E-state index in [2.05, 4.69) is 25.3 Å². The Morgan fingerprint density at radius 3 is 2.79 bits per heavy atom. The molecule has 0 aliphatic carbocycles. The SMILES string of the molecule is Cc1noc2nc(-c3ccco3)cc(C(=O)Nc3ccc(N4CCCC4)cn3)c12. The Kier molecular flexibility index (Phi) is 4.23. The molecule has 4 aromatic rings. The minimum atomic E-state index is -0.307. The molecule has 8 nitrogen and oxygen atoms in total. The molecule has 1 fully saturated rings. The van der Waals surface area contributed by atoms with Crippen molar-refractivity contribution in [2.45, 2.75) is 19.8 Å². The van der Waals surface area contributed by atoms with Crippen LogP contribution in [-0.2, 0) is 0 Å². The summed E-state index contributed by atoms with van der Waals surface area (Å²) < 4.78 is 10.7. The molecular weight excluding hydrogens is 370 g/mol. The monoisotopic (exact) mass is 389 g/mol. The van der Waals surface area contributed by atoms with Gasteiger partial charge in [0.25, 0.3) is 11.6 Å². The van der Waals surface area contributed by atoms with Gasteiger partial charge in [-0.1, -0.05) is 5.16 Å². The zero-order valence-corrected chi connectivity index (χ0v) is 15.9. The highest BCUT2D eigenvalue weighted by Crippen LogP contribution is 2.28. The van der Waals surface area contributed by atoms with Crippen LogP contribution < -0.4 is 10.2 Å². The first-order valence-electron chi connectivity index (χ1n) is 9.52. The maximum Gasteiger partial charge on any atom is 0.259 e. The van der Waals surface area contributed by atoms with Crippen molar-refractivity contribution in [1.82, 2.24) is 15.1 Å². The maximum atomic E-state index is 13.1. The number of rotatable bonds is 4. The highest BCUT2D eigenvalue weighted by Gasteiger charge is 2.21. The van der Waals surface area contributed by atoms with E-state index in [1.807, 2.05) is 12.1 Å². The van der Waals surface area contributed by atoms with Gasteiger partial charge in [-0.3, -0.25) is 4.79 Å². The first-order valence-corrected chi connectivity index (χ1v) is 9.52. The number of anilines is 2. The van der Waals surface area contributed by atoms with Crippen LogP contribution in [0.3, 0.4) is 0 Å². The van der Waals surface area contributed by atoms with Crippen molar-refractivity contribution in [3.63, 3.8) is 0 Å². The summed E-state index contributed by atoms with van der Waals surface area (Å²) in [7, 11) is 0. The predicted octanol–water partition coefficient (Wildman–Crippen LogP) is 4.04. The molecule has 29 heavy (non-hydrogen) atoms. The number of carbonyl (C=O) groups is 1. The quantitative estimate of drug-likeness (QED) is 0.562. The van der Waals surface area contributed by atoms with Crippen molar-refractivity contribution in [1.29, 1.82) is 0 Å². The fourth-order valence-corrected chi connectivity index (χ4v) is 3.63. The smallest absolute Gasteiger partial charge is 0.259 e. The number of fused-ring (bicyclic) bond motifs is 1. The Morgan fingerprint density at radius 1 is 1.21 bits per heavy atom. The summed E-state index contributed by atoms with van der Waals surface area (Å²) in [6.45, 7) is 3.87. The fraction of sp³-hybridized carbons (Fsp3) is 0.238. The van der Waals surface area contributed by atoms with E-state index in [1.54, 1.807) is 37.6 Å². The molecule has 8 heteroatoms. The van der Waals surface area contributed by atoms with Crippen LogP contribution in [0.5, 0.6) is 0 Å². The van der Waals surface area contributed by atoms with Gasteiger partial charge in [0, 0.05) is 13.1 Å². The number of nitrogens with one attached hydrogen (secondary N) is 1. The van der Waals surface area contributed by atoms with E-state index in [1.165, 1.54) is 12.8 Å². The van der Waals surface area contributed by atoms with Crippen molar-refractivity contribution in [3.8, 4) is 11.5 Å². The largest absolute Gasteiger partial charge is 0.463 e. The third-order valence-corrected chi connectivity index (χ3v) is 5.10. The van der Waals surface area contributed by atoms with Gasteiger partial charge in [-0.05, 0) is 50.1 Å². The highest BCUT2D eigenvalue weighted by molar-refractivity contribution is 6.12. The molecule has 0 bridgehead atoms. The molecule has 0 unspecified atom stereocenters. The number of hydrogen-bond acceptors (Lipinski definition) is 7. The molecule has 0 saturated carbocycles. The van der Waals surface area contributed by atoms with E-state index < -0.39 is 0 Å². The Hall–Kier alpha value is -3.68. The van der Waals surface area contributed by atoms with E-state index in [9.17, 15) is 4.79 Å². The molecular formula is C21H19N5O3. The molecule has 4 aromatic heterocycles. The van der Waals surface area contributed by atoms with E-state index in [0.29, 0.717) is 39.6 Å². The number of aromatic nitrogens is 3. The van der Waals surface area contributed by atoms with Crippen LogP contribution in [0.4, 0.5) is 11.5 Å². The molecule has 0 atom stereocenters. The van der Waals surface area contributed by atoms with Crippen LogP contribution in [0.25, 0.3) is 22.6 Å². The van der Waals surface area contributed by atoms with Crippen molar-refractivity contribution >= 4 is 28.5 Å². The van der Waals surface area contributed by atoms with Gasteiger partial charge >= 0.3 is 0 Å². The van der Waals surface area contributed by atoms with Crippen molar-refractivity contribution in [3.05, 3.63) is 54.0 Å².